The van der Waals surface area contributed by atoms with Gasteiger partial charge in [-0.25, -0.2) is 0 Å². The largest absolute Gasteiger partial charge is 0.313 e. The Morgan fingerprint density at radius 2 is 2.23 bits per heavy atom. The molecule has 0 aromatic rings. The van der Waals surface area contributed by atoms with Crippen LogP contribution in [0.4, 0.5) is 4.39 Å². The summed E-state index contributed by atoms with van der Waals surface area (Å²) in [5, 5.41) is 3.29. The van der Waals surface area contributed by atoms with Crippen molar-refractivity contribution in [3.63, 3.8) is 0 Å². The van der Waals surface area contributed by atoms with E-state index in [0.717, 1.165) is 18.7 Å². The predicted octanol–water partition coefficient (Wildman–Crippen LogP) is 2.93. The highest BCUT2D eigenvalue weighted by molar-refractivity contribution is 4.96. The van der Waals surface area contributed by atoms with Crippen molar-refractivity contribution in [3.8, 4) is 0 Å². The molecule has 1 N–H and O–H groups in total. The monoisotopic (exact) mass is 187 g/mol. The van der Waals surface area contributed by atoms with Crippen molar-refractivity contribution in [2.24, 2.45) is 5.92 Å². The average molecular weight is 187 g/mol. The van der Waals surface area contributed by atoms with Gasteiger partial charge in [0.15, 0.2) is 0 Å². The molecule has 1 atom stereocenters. The normalized spacial score (nSPS) is 12.8. The quantitative estimate of drug-likeness (QED) is 0.576. The molecule has 0 heterocycles. The van der Waals surface area contributed by atoms with Gasteiger partial charge < -0.3 is 5.32 Å². The van der Waals surface area contributed by atoms with Crippen molar-refractivity contribution in [2.75, 3.05) is 19.8 Å². The Bertz CT molecular complexity index is 134. The van der Waals surface area contributed by atoms with Crippen molar-refractivity contribution < 1.29 is 4.39 Å². The molecular formula is C11H22FN. The van der Waals surface area contributed by atoms with E-state index < -0.39 is 0 Å². The number of halogens is 1. The summed E-state index contributed by atoms with van der Waals surface area (Å²) in [6, 6.07) is 0. The molecule has 0 rings (SSSR count). The SMILES string of the molecule is C=C(CCF)CNCC(C)CCC. The van der Waals surface area contributed by atoms with Crippen molar-refractivity contribution in [1.82, 2.24) is 5.32 Å². The Hall–Kier alpha value is -0.370. The highest BCUT2D eigenvalue weighted by Crippen LogP contribution is 2.03. The first-order valence-corrected chi connectivity index (χ1v) is 5.14. The lowest BCUT2D eigenvalue weighted by Crippen LogP contribution is -2.23. The summed E-state index contributed by atoms with van der Waals surface area (Å²) in [6.07, 6.45) is 2.98. The second-order valence-corrected chi connectivity index (χ2v) is 3.71. The number of rotatable bonds is 8. The maximum Gasteiger partial charge on any atom is 0.0931 e. The number of alkyl halides is 1. The highest BCUT2D eigenvalue weighted by atomic mass is 19.1. The van der Waals surface area contributed by atoms with Gasteiger partial charge in [-0.3, -0.25) is 4.39 Å². The van der Waals surface area contributed by atoms with E-state index in [9.17, 15) is 4.39 Å². The minimum Gasteiger partial charge on any atom is -0.313 e. The van der Waals surface area contributed by atoms with Crippen molar-refractivity contribution >= 4 is 0 Å². The fourth-order valence-corrected chi connectivity index (χ4v) is 1.31. The fourth-order valence-electron chi connectivity index (χ4n) is 1.31. The van der Waals surface area contributed by atoms with Crippen molar-refractivity contribution in [2.45, 2.75) is 33.1 Å². The molecule has 0 bridgehead atoms. The van der Waals surface area contributed by atoms with E-state index in [2.05, 4.69) is 25.7 Å². The molecule has 0 spiro atoms. The Morgan fingerprint density at radius 3 is 2.77 bits per heavy atom. The molecule has 1 nitrogen and oxygen atoms in total. The Balaban J connectivity index is 3.28. The summed E-state index contributed by atoms with van der Waals surface area (Å²) in [7, 11) is 0. The standard InChI is InChI=1S/C11H22FN/c1-4-5-10(2)8-13-9-11(3)6-7-12/h10,13H,3-9H2,1-2H3. The Morgan fingerprint density at radius 1 is 1.54 bits per heavy atom. The first-order chi connectivity index (χ1) is 6.20. The zero-order valence-electron chi connectivity index (χ0n) is 8.91. The lowest BCUT2D eigenvalue weighted by molar-refractivity contribution is 0.470. The number of hydrogen-bond donors (Lipinski definition) is 1. The van der Waals surface area contributed by atoms with Crippen LogP contribution in [0, 0.1) is 5.92 Å². The van der Waals surface area contributed by atoms with Gasteiger partial charge in [-0.1, -0.05) is 32.4 Å². The molecule has 0 saturated carbocycles. The second-order valence-electron chi connectivity index (χ2n) is 3.71. The zero-order chi connectivity index (χ0) is 10.1. The molecule has 0 saturated heterocycles. The molecule has 13 heavy (non-hydrogen) atoms. The minimum atomic E-state index is -0.287. The van der Waals surface area contributed by atoms with Gasteiger partial charge >= 0.3 is 0 Å². The third-order valence-corrected chi connectivity index (χ3v) is 2.10. The molecular weight excluding hydrogens is 165 g/mol. The van der Waals surface area contributed by atoms with Crippen LogP contribution in [-0.2, 0) is 0 Å². The predicted molar refractivity (Wildman–Crippen MR) is 56.7 cm³/mol. The Kier molecular flexibility index (Phi) is 8.00. The van der Waals surface area contributed by atoms with E-state index in [-0.39, 0.29) is 6.67 Å². The fraction of sp³-hybridized carbons (Fsp3) is 0.818. The average Bonchev–Trinajstić information content (AvgIpc) is 2.05. The lowest BCUT2D eigenvalue weighted by Gasteiger charge is -2.11. The minimum absolute atomic E-state index is 0.287. The van der Waals surface area contributed by atoms with Crippen LogP contribution in [0.15, 0.2) is 12.2 Å². The van der Waals surface area contributed by atoms with E-state index in [1.165, 1.54) is 12.8 Å². The van der Waals surface area contributed by atoms with Gasteiger partial charge in [-0.2, -0.15) is 0 Å². The van der Waals surface area contributed by atoms with Gasteiger partial charge in [-0.15, -0.1) is 0 Å². The smallest absolute Gasteiger partial charge is 0.0931 e. The lowest BCUT2D eigenvalue weighted by atomic mass is 10.1. The Labute approximate surface area is 81.4 Å². The molecule has 78 valence electrons. The topological polar surface area (TPSA) is 12.0 Å². The summed E-state index contributed by atoms with van der Waals surface area (Å²) >= 11 is 0. The summed E-state index contributed by atoms with van der Waals surface area (Å²) in [5.74, 6) is 0.711. The van der Waals surface area contributed by atoms with Gasteiger partial charge in [0.2, 0.25) is 0 Å². The van der Waals surface area contributed by atoms with Gasteiger partial charge in [0, 0.05) is 6.54 Å². The number of hydrogen-bond acceptors (Lipinski definition) is 1. The molecule has 0 aromatic carbocycles. The van der Waals surface area contributed by atoms with Gasteiger partial charge in [0.05, 0.1) is 6.67 Å². The van der Waals surface area contributed by atoms with Crippen LogP contribution < -0.4 is 5.32 Å². The van der Waals surface area contributed by atoms with Gasteiger partial charge in [-0.05, 0) is 25.3 Å². The molecule has 0 fully saturated rings. The second kappa shape index (κ2) is 8.24. The molecule has 0 aliphatic carbocycles. The van der Waals surface area contributed by atoms with E-state index in [1.807, 2.05) is 0 Å². The maximum absolute atomic E-state index is 11.9. The third-order valence-electron chi connectivity index (χ3n) is 2.10. The molecule has 2 heteroatoms. The molecule has 1 unspecified atom stereocenters. The van der Waals surface area contributed by atoms with E-state index in [1.54, 1.807) is 0 Å². The van der Waals surface area contributed by atoms with Gasteiger partial charge in [0.1, 0.15) is 0 Å². The van der Waals surface area contributed by atoms with E-state index >= 15 is 0 Å². The molecule has 0 radical (unpaired) electrons. The van der Waals surface area contributed by atoms with Crippen LogP contribution in [0.5, 0.6) is 0 Å². The van der Waals surface area contributed by atoms with Crippen molar-refractivity contribution in [3.05, 3.63) is 12.2 Å². The summed E-state index contributed by atoms with van der Waals surface area (Å²) in [6.45, 7) is 9.70. The molecule has 0 aliphatic rings. The van der Waals surface area contributed by atoms with Crippen LogP contribution in [-0.4, -0.2) is 19.8 Å². The van der Waals surface area contributed by atoms with Crippen LogP contribution in [0.25, 0.3) is 0 Å². The highest BCUT2D eigenvalue weighted by Gasteiger charge is 2.00. The van der Waals surface area contributed by atoms with Crippen LogP contribution in [0.2, 0.25) is 0 Å². The van der Waals surface area contributed by atoms with Crippen LogP contribution >= 0.6 is 0 Å². The van der Waals surface area contributed by atoms with Gasteiger partial charge in [0.25, 0.3) is 0 Å². The van der Waals surface area contributed by atoms with E-state index in [4.69, 9.17) is 0 Å². The zero-order valence-corrected chi connectivity index (χ0v) is 8.91. The van der Waals surface area contributed by atoms with Crippen LogP contribution in [0.3, 0.4) is 0 Å². The maximum atomic E-state index is 11.9. The van der Waals surface area contributed by atoms with Crippen LogP contribution in [0.1, 0.15) is 33.1 Å². The third kappa shape index (κ3) is 7.97. The number of nitrogens with one attached hydrogen (secondary N) is 1. The summed E-state index contributed by atoms with van der Waals surface area (Å²) < 4.78 is 11.9. The molecule has 0 aromatic heterocycles. The molecule has 0 amide bonds. The first kappa shape index (κ1) is 12.6. The summed E-state index contributed by atoms with van der Waals surface area (Å²) in [4.78, 5) is 0. The first-order valence-electron chi connectivity index (χ1n) is 5.14. The molecule has 0 aliphatic heterocycles. The van der Waals surface area contributed by atoms with E-state index in [0.29, 0.717) is 12.3 Å². The van der Waals surface area contributed by atoms with Crippen molar-refractivity contribution in [1.29, 1.82) is 0 Å². The summed E-state index contributed by atoms with van der Waals surface area (Å²) in [5.41, 5.74) is 0.964.